The summed E-state index contributed by atoms with van der Waals surface area (Å²) in [5, 5.41) is 8.12. The summed E-state index contributed by atoms with van der Waals surface area (Å²) in [5.41, 5.74) is 4.57. The molecule has 0 spiro atoms. The average molecular weight is 461 g/mol. The summed E-state index contributed by atoms with van der Waals surface area (Å²) in [4.78, 5) is 20.0. The molecule has 1 saturated heterocycles. The van der Waals surface area contributed by atoms with E-state index in [1.165, 1.54) is 12.1 Å². The van der Waals surface area contributed by atoms with Gasteiger partial charge in [0.2, 0.25) is 0 Å². The topological polar surface area (TPSA) is 80.3 Å². The second-order valence-corrected chi connectivity index (χ2v) is 8.31. The number of halogens is 1. The molecule has 0 bridgehead atoms. The number of H-pyrrole nitrogens is 1. The summed E-state index contributed by atoms with van der Waals surface area (Å²) in [5.74, 6) is 0.0816. The lowest BCUT2D eigenvalue weighted by Crippen LogP contribution is -2.51. The van der Waals surface area contributed by atoms with Gasteiger partial charge in [0.1, 0.15) is 11.6 Å². The zero-order chi connectivity index (χ0) is 23.7. The Morgan fingerprint density at radius 2 is 2.09 bits per heavy atom. The molecule has 0 aliphatic carbocycles. The Kier molecular flexibility index (Phi) is 5.98. The summed E-state index contributed by atoms with van der Waals surface area (Å²) < 4.78 is 25.0. The molecule has 0 radical (unpaired) electrons. The van der Waals surface area contributed by atoms with Crippen molar-refractivity contribution in [1.82, 2.24) is 20.1 Å². The number of carbonyl (C=O) groups excluding carboxylic acids is 1. The number of rotatable bonds is 7. The van der Waals surface area contributed by atoms with E-state index in [0.29, 0.717) is 43.2 Å². The highest BCUT2D eigenvalue weighted by atomic mass is 19.1. The van der Waals surface area contributed by atoms with E-state index in [0.717, 1.165) is 27.7 Å². The van der Waals surface area contributed by atoms with E-state index in [9.17, 15) is 9.18 Å². The maximum absolute atomic E-state index is 13.8. The quantitative estimate of drug-likeness (QED) is 0.439. The summed E-state index contributed by atoms with van der Waals surface area (Å²) in [7, 11) is 0. The molecule has 174 valence electrons. The average Bonchev–Trinajstić information content (AvgIpc) is 3.30. The van der Waals surface area contributed by atoms with Crippen LogP contribution >= 0.6 is 0 Å². The van der Waals surface area contributed by atoms with Crippen molar-refractivity contribution in [1.29, 1.82) is 0 Å². The van der Waals surface area contributed by atoms with Gasteiger partial charge < -0.3 is 14.4 Å². The summed E-state index contributed by atoms with van der Waals surface area (Å²) in [6, 6.07) is 11.6. The number of nitrogens with zero attached hydrogens (tertiary/aromatic N) is 3. The zero-order valence-corrected chi connectivity index (χ0v) is 19.0. The van der Waals surface area contributed by atoms with E-state index in [4.69, 9.17) is 9.47 Å². The predicted molar refractivity (Wildman–Crippen MR) is 126 cm³/mol. The van der Waals surface area contributed by atoms with Gasteiger partial charge >= 0.3 is 0 Å². The number of aromatic amines is 1. The zero-order valence-electron chi connectivity index (χ0n) is 19.0. The van der Waals surface area contributed by atoms with Crippen LogP contribution in [0.1, 0.15) is 28.5 Å². The lowest BCUT2D eigenvalue weighted by molar-refractivity contribution is -0.0565. The normalized spacial score (nSPS) is 13.6. The molecule has 4 aromatic rings. The molecule has 2 aromatic heterocycles. The second-order valence-electron chi connectivity index (χ2n) is 8.31. The smallest absolute Gasteiger partial charge is 0.254 e. The largest absolute Gasteiger partial charge is 0.493 e. The van der Waals surface area contributed by atoms with Crippen LogP contribution in [-0.4, -0.2) is 51.9 Å². The van der Waals surface area contributed by atoms with Crippen molar-refractivity contribution in [2.45, 2.75) is 26.4 Å². The van der Waals surface area contributed by atoms with E-state index < -0.39 is 0 Å². The summed E-state index contributed by atoms with van der Waals surface area (Å²) >= 11 is 0. The van der Waals surface area contributed by atoms with Gasteiger partial charge in [0.05, 0.1) is 44.1 Å². The first-order valence-electron chi connectivity index (χ1n) is 11.2. The third kappa shape index (κ3) is 4.12. The van der Waals surface area contributed by atoms with Crippen LogP contribution in [0.25, 0.3) is 22.0 Å². The molecular weight excluding hydrogens is 435 g/mol. The highest BCUT2D eigenvalue weighted by molar-refractivity contribution is 5.96. The lowest BCUT2D eigenvalue weighted by atomic mass is 10.0. The number of carbonyl (C=O) groups is 1. The van der Waals surface area contributed by atoms with Gasteiger partial charge in [-0.1, -0.05) is 12.1 Å². The van der Waals surface area contributed by atoms with Gasteiger partial charge in [-0.3, -0.25) is 14.9 Å². The van der Waals surface area contributed by atoms with E-state index in [1.54, 1.807) is 30.6 Å². The Labute approximate surface area is 196 Å². The first kappa shape index (κ1) is 22.0. The second kappa shape index (κ2) is 9.23. The maximum Gasteiger partial charge on any atom is 0.254 e. The first-order valence-corrected chi connectivity index (χ1v) is 11.2. The fraction of sp³-hybridized carbons (Fsp3) is 0.269. The molecule has 1 amide bonds. The predicted octanol–water partition coefficient (Wildman–Crippen LogP) is 4.51. The third-order valence-corrected chi connectivity index (χ3v) is 6.09. The van der Waals surface area contributed by atoms with E-state index in [-0.39, 0.29) is 17.8 Å². The standard InChI is InChI=1S/C26H25FN4O3/c1-3-34-24-10-18(7-8-22(24)17-5-4-6-20(27)9-17)26(32)31(21-14-33-15-21)13-19-11-28-16(2)23-12-29-30-25(19)23/h4-12,21H,3,13-15H2,1-2H3,(H,29,30). The number of nitrogens with one attached hydrogen (secondary N) is 1. The van der Waals surface area contributed by atoms with Crippen LogP contribution in [0.15, 0.2) is 54.9 Å². The molecule has 0 unspecified atom stereocenters. The molecule has 5 rings (SSSR count). The first-order chi connectivity index (χ1) is 16.5. The van der Waals surface area contributed by atoms with Crippen LogP contribution in [-0.2, 0) is 11.3 Å². The Morgan fingerprint density at radius 1 is 1.24 bits per heavy atom. The summed E-state index contributed by atoms with van der Waals surface area (Å²) in [6.07, 6.45) is 3.54. The molecule has 0 saturated carbocycles. The molecule has 8 heteroatoms. The molecule has 34 heavy (non-hydrogen) atoms. The SMILES string of the molecule is CCOc1cc(C(=O)N(Cc2cnc(C)c3cn[nH]c23)C2COC2)ccc1-c1cccc(F)c1. The minimum Gasteiger partial charge on any atom is -0.493 e. The lowest BCUT2D eigenvalue weighted by Gasteiger charge is -2.37. The van der Waals surface area contributed by atoms with Crippen molar-refractivity contribution in [3.63, 3.8) is 0 Å². The number of hydrogen-bond acceptors (Lipinski definition) is 5. The highest BCUT2D eigenvalue weighted by Crippen LogP contribution is 2.33. The van der Waals surface area contributed by atoms with E-state index in [1.807, 2.05) is 30.9 Å². The van der Waals surface area contributed by atoms with Gasteiger partial charge in [-0.15, -0.1) is 0 Å². The van der Waals surface area contributed by atoms with Crippen molar-refractivity contribution in [3.05, 3.63) is 77.5 Å². The molecular formula is C26H25FN4O3. The number of fused-ring (bicyclic) bond motifs is 1. The number of pyridine rings is 1. The molecule has 1 N–H and O–H groups in total. The van der Waals surface area contributed by atoms with Crippen molar-refractivity contribution in [3.8, 4) is 16.9 Å². The van der Waals surface area contributed by atoms with Crippen molar-refractivity contribution < 1.29 is 18.7 Å². The Morgan fingerprint density at radius 3 is 2.82 bits per heavy atom. The number of aromatic nitrogens is 3. The minimum absolute atomic E-state index is 0.0368. The van der Waals surface area contributed by atoms with Crippen LogP contribution < -0.4 is 4.74 Å². The third-order valence-electron chi connectivity index (χ3n) is 6.09. The molecule has 1 aliphatic rings. The number of aryl methyl sites for hydroxylation is 1. The van der Waals surface area contributed by atoms with Gasteiger partial charge in [-0.05, 0) is 49.7 Å². The fourth-order valence-electron chi connectivity index (χ4n) is 4.18. The maximum atomic E-state index is 13.8. The van der Waals surface area contributed by atoms with Crippen molar-refractivity contribution in [2.75, 3.05) is 19.8 Å². The van der Waals surface area contributed by atoms with Crippen molar-refractivity contribution in [2.24, 2.45) is 0 Å². The molecule has 3 heterocycles. The molecule has 0 atom stereocenters. The van der Waals surface area contributed by atoms with Crippen LogP contribution in [0.5, 0.6) is 5.75 Å². The highest BCUT2D eigenvalue weighted by Gasteiger charge is 2.31. The van der Waals surface area contributed by atoms with Crippen molar-refractivity contribution >= 4 is 16.8 Å². The molecule has 1 fully saturated rings. The molecule has 2 aromatic carbocycles. The number of hydrogen-bond donors (Lipinski definition) is 1. The van der Waals surface area contributed by atoms with Crippen LogP contribution in [0, 0.1) is 12.7 Å². The van der Waals surface area contributed by atoms with Gasteiger partial charge in [0.25, 0.3) is 5.91 Å². The number of ether oxygens (including phenoxy) is 2. The Bertz CT molecular complexity index is 1350. The van der Waals surface area contributed by atoms with Gasteiger partial charge in [0.15, 0.2) is 0 Å². The Hall–Kier alpha value is -3.78. The van der Waals surface area contributed by atoms with Crippen LogP contribution in [0.3, 0.4) is 0 Å². The Balaban J connectivity index is 1.49. The summed E-state index contributed by atoms with van der Waals surface area (Å²) in [6.45, 7) is 5.57. The number of benzene rings is 2. The number of amides is 1. The van der Waals surface area contributed by atoms with Crippen LogP contribution in [0.4, 0.5) is 4.39 Å². The minimum atomic E-state index is -0.326. The molecule has 7 nitrogen and oxygen atoms in total. The van der Waals surface area contributed by atoms with E-state index >= 15 is 0 Å². The van der Waals surface area contributed by atoms with Gasteiger partial charge in [-0.25, -0.2) is 4.39 Å². The molecule has 1 aliphatic heterocycles. The van der Waals surface area contributed by atoms with E-state index in [2.05, 4.69) is 15.2 Å². The fourth-order valence-corrected chi connectivity index (χ4v) is 4.18. The monoisotopic (exact) mass is 460 g/mol. The van der Waals surface area contributed by atoms with Gasteiger partial charge in [-0.2, -0.15) is 5.10 Å². The van der Waals surface area contributed by atoms with Gasteiger partial charge in [0, 0.05) is 34.0 Å². The van der Waals surface area contributed by atoms with Crippen LogP contribution in [0.2, 0.25) is 0 Å².